The Bertz CT molecular complexity index is 404. The van der Waals surface area contributed by atoms with Crippen molar-refractivity contribution in [3.8, 4) is 0 Å². The molecule has 1 aromatic rings. The second-order valence-corrected chi connectivity index (χ2v) is 4.78. The molecule has 0 aliphatic heterocycles. The van der Waals surface area contributed by atoms with E-state index in [4.69, 9.17) is 5.11 Å². The van der Waals surface area contributed by atoms with Crippen molar-refractivity contribution in [1.29, 1.82) is 0 Å². The predicted molar refractivity (Wildman–Crippen MR) is 74.2 cm³/mol. The maximum absolute atomic E-state index is 10.8. The number of aromatic carboxylic acids is 1. The van der Waals surface area contributed by atoms with E-state index in [1.807, 2.05) is 30.8 Å². The summed E-state index contributed by atoms with van der Waals surface area (Å²) in [5, 5.41) is 12.1. The van der Waals surface area contributed by atoms with Crippen molar-refractivity contribution in [3.05, 3.63) is 42.0 Å². The molecule has 1 rings (SSSR count). The van der Waals surface area contributed by atoms with Gasteiger partial charge in [-0.1, -0.05) is 6.08 Å². The van der Waals surface area contributed by atoms with Crippen molar-refractivity contribution in [1.82, 2.24) is 0 Å². The SMILES string of the molecule is C=CCSCCNc1ccc(C(=O)O)cc1C. The van der Waals surface area contributed by atoms with E-state index in [9.17, 15) is 4.79 Å². The Hall–Kier alpha value is -1.42. The van der Waals surface area contributed by atoms with Gasteiger partial charge < -0.3 is 10.4 Å². The molecule has 0 aliphatic carbocycles. The molecule has 0 unspecified atom stereocenters. The summed E-state index contributed by atoms with van der Waals surface area (Å²) in [7, 11) is 0. The molecule has 0 amide bonds. The van der Waals surface area contributed by atoms with Crippen LogP contribution in [-0.2, 0) is 0 Å². The van der Waals surface area contributed by atoms with Crippen molar-refractivity contribution < 1.29 is 9.90 Å². The number of hydrogen-bond donors (Lipinski definition) is 2. The minimum Gasteiger partial charge on any atom is -0.478 e. The van der Waals surface area contributed by atoms with Crippen LogP contribution in [-0.4, -0.2) is 29.1 Å². The first-order valence-electron chi connectivity index (χ1n) is 5.41. The highest BCUT2D eigenvalue weighted by Crippen LogP contribution is 2.16. The van der Waals surface area contributed by atoms with Gasteiger partial charge in [0.05, 0.1) is 5.56 Å². The number of rotatable bonds is 7. The largest absolute Gasteiger partial charge is 0.478 e. The summed E-state index contributed by atoms with van der Waals surface area (Å²) in [6, 6.07) is 5.12. The number of carboxylic acids is 1. The van der Waals surface area contributed by atoms with Crippen molar-refractivity contribution >= 4 is 23.4 Å². The van der Waals surface area contributed by atoms with E-state index in [2.05, 4.69) is 11.9 Å². The van der Waals surface area contributed by atoms with Crippen LogP contribution in [0.25, 0.3) is 0 Å². The van der Waals surface area contributed by atoms with Gasteiger partial charge in [0.2, 0.25) is 0 Å². The molecule has 2 N–H and O–H groups in total. The van der Waals surface area contributed by atoms with Gasteiger partial charge in [-0.05, 0) is 30.7 Å². The van der Waals surface area contributed by atoms with Crippen LogP contribution >= 0.6 is 11.8 Å². The van der Waals surface area contributed by atoms with Crippen LogP contribution in [0.4, 0.5) is 5.69 Å². The van der Waals surface area contributed by atoms with E-state index >= 15 is 0 Å². The molecule has 0 saturated heterocycles. The average Bonchev–Trinajstić information content (AvgIpc) is 2.30. The van der Waals surface area contributed by atoms with Gasteiger partial charge in [-0.15, -0.1) is 6.58 Å². The van der Waals surface area contributed by atoms with E-state index in [1.165, 1.54) is 0 Å². The van der Waals surface area contributed by atoms with Gasteiger partial charge in [-0.25, -0.2) is 4.79 Å². The Morgan fingerprint density at radius 3 is 2.94 bits per heavy atom. The van der Waals surface area contributed by atoms with E-state index in [-0.39, 0.29) is 0 Å². The number of thioether (sulfide) groups is 1. The van der Waals surface area contributed by atoms with Gasteiger partial charge in [-0.3, -0.25) is 0 Å². The molecule has 0 heterocycles. The fourth-order valence-corrected chi connectivity index (χ4v) is 2.00. The summed E-state index contributed by atoms with van der Waals surface area (Å²) < 4.78 is 0. The molecule has 92 valence electrons. The third kappa shape index (κ3) is 4.53. The topological polar surface area (TPSA) is 49.3 Å². The molecule has 0 saturated carbocycles. The van der Waals surface area contributed by atoms with Gasteiger partial charge in [0.15, 0.2) is 0 Å². The van der Waals surface area contributed by atoms with E-state index < -0.39 is 5.97 Å². The van der Waals surface area contributed by atoms with Crippen LogP contribution in [0.15, 0.2) is 30.9 Å². The van der Waals surface area contributed by atoms with E-state index in [1.54, 1.807) is 12.1 Å². The second kappa shape index (κ2) is 7.01. The predicted octanol–water partition coefficient (Wildman–Crippen LogP) is 3.02. The van der Waals surface area contributed by atoms with Gasteiger partial charge in [0.25, 0.3) is 0 Å². The zero-order valence-corrected chi connectivity index (χ0v) is 10.7. The Morgan fingerprint density at radius 1 is 1.59 bits per heavy atom. The van der Waals surface area contributed by atoms with E-state index in [0.717, 1.165) is 29.3 Å². The fraction of sp³-hybridized carbons (Fsp3) is 0.308. The molecule has 4 heteroatoms. The quantitative estimate of drug-likeness (QED) is 0.577. The van der Waals surface area contributed by atoms with Gasteiger partial charge >= 0.3 is 5.97 Å². The number of nitrogens with one attached hydrogen (secondary N) is 1. The summed E-state index contributed by atoms with van der Waals surface area (Å²) in [5.41, 5.74) is 2.28. The average molecular weight is 251 g/mol. The lowest BCUT2D eigenvalue weighted by Gasteiger charge is -2.09. The van der Waals surface area contributed by atoms with Crippen molar-refractivity contribution in [2.75, 3.05) is 23.4 Å². The highest BCUT2D eigenvalue weighted by molar-refractivity contribution is 7.99. The number of carbonyl (C=O) groups is 1. The molecule has 0 spiro atoms. The first-order valence-corrected chi connectivity index (χ1v) is 6.57. The Morgan fingerprint density at radius 2 is 2.35 bits per heavy atom. The number of hydrogen-bond acceptors (Lipinski definition) is 3. The summed E-state index contributed by atoms with van der Waals surface area (Å²) >= 11 is 1.81. The molecule has 0 bridgehead atoms. The highest BCUT2D eigenvalue weighted by atomic mass is 32.2. The van der Waals surface area contributed by atoms with Gasteiger partial charge in [0.1, 0.15) is 0 Å². The molecular formula is C13H17NO2S. The molecule has 3 nitrogen and oxygen atoms in total. The third-order valence-electron chi connectivity index (χ3n) is 2.27. The standard InChI is InChI=1S/C13H17NO2S/c1-3-7-17-8-6-14-12-5-4-11(13(15)16)9-10(12)2/h3-5,9,14H,1,6-8H2,2H3,(H,15,16). The monoisotopic (exact) mass is 251 g/mol. The van der Waals surface area contributed by atoms with E-state index in [0.29, 0.717) is 5.56 Å². The molecule has 0 aliphatic rings. The normalized spacial score (nSPS) is 9.94. The Balaban J connectivity index is 2.49. The Kier molecular flexibility index (Phi) is 5.63. The fourth-order valence-electron chi connectivity index (χ4n) is 1.42. The minimum absolute atomic E-state index is 0.328. The molecule has 0 radical (unpaired) electrons. The molecular weight excluding hydrogens is 234 g/mol. The molecule has 17 heavy (non-hydrogen) atoms. The number of anilines is 1. The minimum atomic E-state index is -0.888. The molecule has 0 atom stereocenters. The van der Waals surface area contributed by atoms with Crippen molar-refractivity contribution in [3.63, 3.8) is 0 Å². The molecule has 0 aromatic heterocycles. The van der Waals surface area contributed by atoms with Crippen LogP contribution in [0, 0.1) is 6.92 Å². The van der Waals surface area contributed by atoms with Crippen LogP contribution in [0.2, 0.25) is 0 Å². The first-order chi connectivity index (χ1) is 8.15. The Labute approximate surface area is 106 Å². The lowest BCUT2D eigenvalue weighted by atomic mass is 10.1. The zero-order valence-electron chi connectivity index (χ0n) is 9.90. The highest BCUT2D eigenvalue weighted by Gasteiger charge is 2.04. The second-order valence-electron chi connectivity index (χ2n) is 3.63. The van der Waals surface area contributed by atoms with Crippen LogP contribution < -0.4 is 5.32 Å². The first kappa shape index (κ1) is 13.6. The van der Waals surface area contributed by atoms with Crippen LogP contribution in [0.1, 0.15) is 15.9 Å². The maximum Gasteiger partial charge on any atom is 0.335 e. The summed E-state index contributed by atoms with van der Waals surface area (Å²) in [4.78, 5) is 10.8. The lowest BCUT2D eigenvalue weighted by molar-refractivity contribution is 0.0697. The maximum atomic E-state index is 10.8. The lowest BCUT2D eigenvalue weighted by Crippen LogP contribution is -2.06. The summed E-state index contributed by atoms with van der Waals surface area (Å²) in [6.07, 6.45) is 1.89. The summed E-state index contributed by atoms with van der Waals surface area (Å²) in [5.74, 6) is 1.08. The third-order valence-corrected chi connectivity index (χ3v) is 3.24. The number of carboxylic acid groups (broad SMARTS) is 1. The van der Waals surface area contributed by atoms with Gasteiger partial charge in [-0.2, -0.15) is 11.8 Å². The number of benzene rings is 1. The molecule has 1 aromatic carbocycles. The molecule has 0 fully saturated rings. The van der Waals surface area contributed by atoms with Crippen molar-refractivity contribution in [2.45, 2.75) is 6.92 Å². The van der Waals surface area contributed by atoms with Crippen LogP contribution in [0.5, 0.6) is 0 Å². The van der Waals surface area contributed by atoms with Gasteiger partial charge in [0, 0.05) is 23.7 Å². The number of aryl methyl sites for hydroxylation is 1. The van der Waals surface area contributed by atoms with Crippen molar-refractivity contribution in [2.24, 2.45) is 0 Å². The summed E-state index contributed by atoms with van der Waals surface area (Å²) in [6.45, 7) is 6.44. The zero-order chi connectivity index (χ0) is 12.7. The smallest absolute Gasteiger partial charge is 0.335 e. The van der Waals surface area contributed by atoms with Crippen LogP contribution in [0.3, 0.4) is 0 Å².